The lowest BCUT2D eigenvalue weighted by Gasteiger charge is -2.06. The number of esters is 2. The Labute approximate surface area is 283 Å². The number of Topliss-reactive ketones (excluding diaryl/α,β-unsaturated/α-hetero) is 1. The number of nitrogens with zero attached hydrogens (tertiary/aromatic N) is 3. The van der Waals surface area contributed by atoms with Gasteiger partial charge < -0.3 is 20.2 Å². The number of ketones is 1. The molecule has 0 saturated carbocycles. The molecular formula is C34H34Cl2N6O5. The van der Waals surface area contributed by atoms with Gasteiger partial charge in [-0.1, -0.05) is 12.1 Å². The van der Waals surface area contributed by atoms with E-state index in [1.165, 1.54) is 20.3 Å². The van der Waals surface area contributed by atoms with Crippen molar-refractivity contribution < 1.29 is 23.9 Å². The molecule has 5 aromatic rings. The Bertz CT molecular complexity index is 1810. The number of halogens is 2. The lowest BCUT2D eigenvalue weighted by molar-refractivity contribution is 0.0592. The molecule has 0 amide bonds. The van der Waals surface area contributed by atoms with E-state index in [4.69, 9.17) is 27.5 Å². The van der Waals surface area contributed by atoms with Crippen molar-refractivity contribution >= 4 is 47.6 Å². The number of methoxy groups -OCH3 is 2. The highest BCUT2D eigenvalue weighted by atomic mass is 35.5. The maximum absolute atomic E-state index is 11.7. The normalized spacial score (nSPS) is 9.72. The first-order chi connectivity index (χ1) is 22.1. The smallest absolute Gasteiger partial charge is 0.337 e. The summed E-state index contributed by atoms with van der Waals surface area (Å²) in [6.07, 6.45) is 8.43. The molecule has 0 bridgehead atoms. The number of hydrogen-bond acceptors (Lipinski definition) is 9. The van der Waals surface area contributed by atoms with E-state index >= 15 is 0 Å². The molecule has 0 saturated heterocycles. The number of nitrogens with one attached hydrogen (secondary N) is 2. The van der Waals surface area contributed by atoms with E-state index in [9.17, 15) is 14.4 Å². The number of carbonyl (C=O) groups is 3. The molecule has 0 atom stereocenters. The van der Waals surface area contributed by atoms with Crippen LogP contribution in [0, 0.1) is 19.3 Å². The van der Waals surface area contributed by atoms with E-state index in [-0.39, 0.29) is 35.9 Å². The molecule has 0 aliphatic rings. The third kappa shape index (κ3) is 10.6. The number of aromatic nitrogens is 4. The molecular weight excluding hydrogens is 643 g/mol. The number of aromatic amines is 1. The summed E-state index contributed by atoms with van der Waals surface area (Å²) in [6, 6.07) is 17.6. The van der Waals surface area contributed by atoms with Gasteiger partial charge in [-0.25, -0.2) is 14.6 Å². The van der Waals surface area contributed by atoms with Crippen molar-refractivity contribution in [2.24, 2.45) is 5.73 Å². The van der Waals surface area contributed by atoms with Gasteiger partial charge in [-0.3, -0.25) is 20.2 Å². The van der Waals surface area contributed by atoms with Gasteiger partial charge in [-0.2, -0.15) is 0 Å². The molecule has 5 rings (SSSR count). The summed E-state index contributed by atoms with van der Waals surface area (Å²) in [5.74, 6) is -0.299. The molecule has 244 valence electrons. The summed E-state index contributed by atoms with van der Waals surface area (Å²) in [5, 5.41) is 6.97. The average Bonchev–Trinajstić information content (AvgIpc) is 3.59. The fourth-order valence-electron chi connectivity index (χ4n) is 4.03. The average molecular weight is 678 g/mol. The molecule has 0 spiro atoms. The number of alkyl halides is 1. The Morgan fingerprint density at radius 1 is 0.830 bits per heavy atom. The third-order valence-corrected chi connectivity index (χ3v) is 6.76. The molecule has 47 heavy (non-hydrogen) atoms. The van der Waals surface area contributed by atoms with Crippen LogP contribution >= 0.6 is 24.0 Å². The summed E-state index contributed by atoms with van der Waals surface area (Å²) >= 11 is 5.46. The fourth-order valence-corrected chi connectivity index (χ4v) is 4.17. The van der Waals surface area contributed by atoms with Gasteiger partial charge in [-0.15, -0.1) is 24.0 Å². The maximum atomic E-state index is 11.7. The second kappa shape index (κ2) is 18.5. The standard InChI is InChI=1S/C17H15N3O2.C11H11ClO3.C6H7N3.ClH/c1-11-5-6-12(17(21)22-2)8-14(11)15-10-19-16(20-15)13-4-3-7-18-9-13;1-7-3-4-8(11(14)15-2)5-9(7)10(13)6-12;7-6(8)5-2-1-3-9-4-5;/h3-10H,1-2H3,(H,19,20);3-5H,6H2,1-2H3;1-4H,(H3,7,8);1H. The molecule has 3 heterocycles. The van der Waals surface area contributed by atoms with E-state index in [1.54, 1.807) is 68.2 Å². The topological polar surface area (TPSA) is 174 Å². The summed E-state index contributed by atoms with van der Waals surface area (Å²) < 4.78 is 9.33. The summed E-state index contributed by atoms with van der Waals surface area (Å²) in [6.45, 7) is 3.78. The minimum Gasteiger partial charge on any atom is -0.465 e. The van der Waals surface area contributed by atoms with E-state index in [0.29, 0.717) is 22.3 Å². The van der Waals surface area contributed by atoms with Crippen LogP contribution in [-0.4, -0.2) is 63.6 Å². The Balaban J connectivity index is 0.000000266. The summed E-state index contributed by atoms with van der Waals surface area (Å²) in [5.41, 5.74) is 11.7. The molecule has 11 nitrogen and oxygen atoms in total. The second-order valence-electron chi connectivity index (χ2n) is 9.64. The molecule has 0 fully saturated rings. The van der Waals surface area contributed by atoms with Crippen molar-refractivity contribution in [3.63, 3.8) is 0 Å². The van der Waals surface area contributed by atoms with Gasteiger partial charge in [0.2, 0.25) is 0 Å². The minimum absolute atomic E-state index is 0. The molecule has 4 N–H and O–H groups in total. The zero-order valence-electron chi connectivity index (χ0n) is 26.1. The Kier molecular flexibility index (Phi) is 14.9. The SMILES string of the molecule is COC(=O)c1ccc(C)c(-c2cnc(-c3cccnc3)[nH]2)c1.COC(=O)c1ccc(C)c(C(=O)CCl)c1.Cl.N=C(N)c1cccnc1. The molecule has 13 heteroatoms. The van der Waals surface area contributed by atoms with E-state index in [1.807, 2.05) is 31.2 Å². The van der Waals surface area contributed by atoms with Crippen molar-refractivity contribution in [3.8, 4) is 22.6 Å². The monoisotopic (exact) mass is 676 g/mol. The van der Waals surface area contributed by atoms with Gasteiger partial charge in [0.05, 0.1) is 43.1 Å². The predicted molar refractivity (Wildman–Crippen MR) is 183 cm³/mol. The van der Waals surface area contributed by atoms with Gasteiger partial charge in [0, 0.05) is 47.0 Å². The van der Waals surface area contributed by atoms with E-state index in [0.717, 1.165) is 33.8 Å². The van der Waals surface area contributed by atoms with Crippen molar-refractivity contribution in [1.82, 2.24) is 19.9 Å². The minimum atomic E-state index is -0.460. The van der Waals surface area contributed by atoms with Crippen LogP contribution in [0.4, 0.5) is 0 Å². The molecule has 3 aromatic heterocycles. The van der Waals surface area contributed by atoms with Gasteiger partial charge >= 0.3 is 11.9 Å². The van der Waals surface area contributed by atoms with Gasteiger partial charge in [0.25, 0.3) is 0 Å². The number of benzene rings is 2. The number of nitrogens with two attached hydrogens (primary N) is 1. The largest absolute Gasteiger partial charge is 0.465 e. The quantitative estimate of drug-likeness (QED) is 0.0594. The number of rotatable bonds is 7. The zero-order valence-corrected chi connectivity index (χ0v) is 27.7. The van der Waals surface area contributed by atoms with Crippen LogP contribution in [0.2, 0.25) is 0 Å². The fraction of sp³-hybridized carbons (Fsp3) is 0.147. The number of aryl methyl sites for hydroxylation is 2. The summed E-state index contributed by atoms with van der Waals surface area (Å²) in [7, 11) is 2.67. The molecule has 0 unspecified atom stereocenters. The number of hydrogen-bond donors (Lipinski definition) is 3. The molecule has 0 radical (unpaired) electrons. The van der Waals surface area contributed by atoms with E-state index < -0.39 is 5.97 Å². The van der Waals surface area contributed by atoms with Crippen molar-refractivity contribution in [2.75, 3.05) is 20.1 Å². The molecule has 2 aromatic carbocycles. The van der Waals surface area contributed by atoms with Crippen molar-refractivity contribution in [2.45, 2.75) is 13.8 Å². The highest BCUT2D eigenvalue weighted by molar-refractivity contribution is 6.30. The zero-order chi connectivity index (χ0) is 33.6. The van der Waals surface area contributed by atoms with Crippen LogP contribution in [0.3, 0.4) is 0 Å². The first-order valence-corrected chi connectivity index (χ1v) is 14.3. The highest BCUT2D eigenvalue weighted by Gasteiger charge is 2.13. The number of H-pyrrole nitrogens is 1. The highest BCUT2D eigenvalue weighted by Crippen LogP contribution is 2.26. The van der Waals surface area contributed by atoms with E-state index in [2.05, 4.69) is 24.7 Å². The Morgan fingerprint density at radius 2 is 1.43 bits per heavy atom. The number of nitrogen functional groups attached to an aromatic ring is 1. The van der Waals surface area contributed by atoms with Crippen LogP contribution in [0.5, 0.6) is 0 Å². The molecule has 0 aliphatic carbocycles. The van der Waals surface area contributed by atoms with Crippen LogP contribution in [0.15, 0.2) is 91.6 Å². The van der Waals surface area contributed by atoms with Crippen molar-refractivity contribution in [1.29, 1.82) is 5.41 Å². The van der Waals surface area contributed by atoms with Crippen LogP contribution in [-0.2, 0) is 9.47 Å². The van der Waals surface area contributed by atoms with Crippen LogP contribution < -0.4 is 5.73 Å². The Morgan fingerprint density at radius 3 is 1.94 bits per heavy atom. The lowest BCUT2D eigenvalue weighted by atomic mass is 10.0. The number of imidazole rings is 1. The Hall–Kier alpha value is -5.39. The lowest BCUT2D eigenvalue weighted by Crippen LogP contribution is -2.10. The number of ether oxygens (including phenoxy) is 2. The maximum Gasteiger partial charge on any atom is 0.337 e. The number of pyridine rings is 2. The van der Waals surface area contributed by atoms with Crippen molar-refractivity contribution in [3.05, 3.63) is 125 Å². The first-order valence-electron chi connectivity index (χ1n) is 13.8. The second-order valence-corrected chi connectivity index (χ2v) is 9.91. The van der Waals surface area contributed by atoms with Crippen LogP contribution in [0.1, 0.15) is 47.8 Å². The third-order valence-electron chi connectivity index (χ3n) is 6.51. The summed E-state index contributed by atoms with van der Waals surface area (Å²) in [4.78, 5) is 49.8. The van der Waals surface area contributed by atoms with Gasteiger partial charge in [0.1, 0.15) is 11.7 Å². The number of amidine groups is 1. The predicted octanol–water partition coefficient (Wildman–Crippen LogP) is 6.22. The van der Waals surface area contributed by atoms with Gasteiger partial charge in [0.15, 0.2) is 5.78 Å². The van der Waals surface area contributed by atoms with Gasteiger partial charge in [-0.05, 0) is 73.5 Å². The first kappa shape index (κ1) is 37.8. The number of carbonyl (C=O) groups excluding carboxylic acids is 3. The van der Waals surface area contributed by atoms with Crippen LogP contribution in [0.25, 0.3) is 22.6 Å². The molecule has 0 aliphatic heterocycles.